The molecule has 0 spiro atoms. The lowest BCUT2D eigenvalue weighted by atomic mass is 9.98. The van der Waals surface area contributed by atoms with Gasteiger partial charge in [0.1, 0.15) is 11.4 Å². The summed E-state index contributed by atoms with van der Waals surface area (Å²) in [4.78, 5) is 33.8. The molecule has 6 rings (SSSR count). The number of anilines is 1. The van der Waals surface area contributed by atoms with Crippen molar-refractivity contribution in [2.45, 2.75) is 32.5 Å². The molecule has 0 bridgehead atoms. The number of likely N-dealkylation sites (tertiary alicyclic amines) is 1. The zero-order valence-corrected chi connectivity index (χ0v) is 24.1. The molecule has 1 aromatic heterocycles. The van der Waals surface area contributed by atoms with Crippen molar-refractivity contribution in [3.63, 3.8) is 0 Å². The molecule has 2 aliphatic rings. The molecule has 1 saturated heterocycles. The van der Waals surface area contributed by atoms with Crippen molar-refractivity contribution in [2.24, 2.45) is 0 Å². The van der Waals surface area contributed by atoms with Gasteiger partial charge in [-0.3, -0.25) is 9.59 Å². The van der Waals surface area contributed by atoms with Gasteiger partial charge in [-0.25, -0.2) is 0 Å². The minimum atomic E-state index is -0.110. The molecule has 1 unspecified atom stereocenters. The zero-order valence-electron chi connectivity index (χ0n) is 24.1. The summed E-state index contributed by atoms with van der Waals surface area (Å²) in [6.07, 6.45) is 0.976. The van der Waals surface area contributed by atoms with Gasteiger partial charge in [0, 0.05) is 42.1 Å². The van der Waals surface area contributed by atoms with E-state index >= 15 is 0 Å². The van der Waals surface area contributed by atoms with Crippen molar-refractivity contribution in [2.75, 3.05) is 39.2 Å². The van der Waals surface area contributed by atoms with Crippen LogP contribution in [-0.4, -0.2) is 66.5 Å². The maximum Gasteiger partial charge on any atom is 0.270 e. The van der Waals surface area contributed by atoms with Gasteiger partial charge in [0.2, 0.25) is 0 Å². The average molecular weight is 549 g/mol. The van der Waals surface area contributed by atoms with Crippen molar-refractivity contribution in [1.82, 2.24) is 14.4 Å². The number of nitrogens with zero attached hydrogens (tertiary/aromatic N) is 4. The van der Waals surface area contributed by atoms with Gasteiger partial charge in [-0.1, -0.05) is 42.5 Å². The van der Waals surface area contributed by atoms with Crippen LogP contribution in [0.15, 0.2) is 78.9 Å². The van der Waals surface area contributed by atoms with Gasteiger partial charge < -0.3 is 24.0 Å². The van der Waals surface area contributed by atoms with E-state index in [2.05, 4.69) is 35.6 Å². The molecule has 41 heavy (non-hydrogen) atoms. The fourth-order valence-corrected chi connectivity index (χ4v) is 6.18. The lowest BCUT2D eigenvalue weighted by molar-refractivity contribution is 0.0726. The molecular formula is C34H36N4O3. The van der Waals surface area contributed by atoms with Gasteiger partial charge in [-0.05, 0) is 80.0 Å². The Bertz CT molecular complexity index is 1620. The number of ether oxygens (including phenoxy) is 1. The normalized spacial score (nSPS) is 16.6. The largest absolute Gasteiger partial charge is 0.496 e. The Kier molecular flexibility index (Phi) is 7.14. The summed E-state index contributed by atoms with van der Waals surface area (Å²) in [5, 5.41) is 0. The highest BCUT2D eigenvalue weighted by atomic mass is 16.5. The third-order valence-electron chi connectivity index (χ3n) is 8.58. The molecule has 1 fully saturated rings. The van der Waals surface area contributed by atoms with E-state index in [0.29, 0.717) is 30.1 Å². The minimum absolute atomic E-state index is 0.0188. The van der Waals surface area contributed by atoms with E-state index in [4.69, 9.17) is 4.74 Å². The van der Waals surface area contributed by atoms with Gasteiger partial charge in [0.25, 0.3) is 11.8 Å². The van der Waals surface area contributed by atoms with Crippen LogP contribution < -0.4 is 9.64 Å². The third-order valence-corrected chi connectivity index (χ3v) is 8.58. The predicted octanol–water partition coefficient (Wildman–Crippen LogP) is 5.46. The number of fused-ring (bicyclic) bond motifs is 2. The van der Waals surface area contributed by atoms with Crippen LogP contribution in [0.2, 0.25) is 0 Å². The molecule has 2 aliphatic heterocycles. The van der Waals surface area contributed by atoms with E-state index < -0.39 is 0 Å². The van der Waals surface area contributed by atoms with Crippen LogP contribution in [0, 0.1) is 6.92 Å². The second-order valence-corrected chi connectivity index (χ2v) is 11.2. The Labute approximate surface area is 241 Å². The molecule has 0 radical (unpaired) electrons. The van der Waals surface area contributed by atoms with Crippen molar-refractivity contribution in [3.8, 4) is 16.9 Å². The summed E-state index contributed by atoms with van der Waals surface area (Å²) < 4.78 is 7.84. The van der Waals surface area contributed by atoms with E-state index in [0.717, 1.165) is 53.1 Å². The summed E-state index contributed by atoms with van der Waals surface area (Å²) in [6, 6.07) is 25.9. The first-order valence-electron chi connectivity index (χ1n) is 14.1. The quantitative estimate of drug-likeness (QED) is 0.333. The topological polar surface area (TPSA) is 58.0 Å². The van der Waals surface area contributed by atoms with E-state index in [9.17, 15) is 9.59 Å². The summed E-state index contributed by atoms with van der Waals surface area (Å²) >= 11 is 0. The van der Waals surface area contributed by atoms with Crippen LogP contribution in [0.1, 0.15) is 44.1 Å². The van der Waals surface area contributed by atoms with E-state index in [-0.39, 0.29) is 17.9 Å². The van der Waals surface area contributed by atoms with Crippen LogP contribution >= 0.6 is 0 Å². The van der Waals surface area contributed by atoms with Crippen LogP contribution in [0.4, 0.5) is 5.69 Å². The number of hydrogen-bond donors (Lipinski definition) is 0. The molecule has 7 heteroatoms. The number of aromatic nitrogens is 1. The Balaban J connectivity index is 1.34. The third kappa shape index (κ3) is 4.91. The molecule has 4 aromatic rings. The molecule has 1 atom stereocenters. The van der Waals surface area contributed by atoms with Gasteiger partial charge >= 0.3 is 0 Å². The highest BCUT2D eigenvalue weighted by Gasteiger charge is 2.31. The number of likely N-dealkylation sites (N-methyl/N-ethyl adjacent to an activating group) is 2. The lowest BCUT2D eigenvalue weighted by Crippen LogP contribution is -2.39. The number of hydrogen-bond acceptors (Lipinski definition) is 4. The van der Waals surface area contributed by atoms with Crippen molar-refractivity contribution in [3.05, 3.63) is 107 Å². The maximum atomic E-state index is 14.1. The number of amides is 2. The first-order chi connectivity index (χ1) is 19.9. The molecule has 0 saturated carbocycles. The molecule has 2 amide bonds. The number of para-hydroxylation sites is 1. The van der Waals surface area contributed by atoms with Gasteiger partial charge in [0.15, 0.2) is 0 Å². The van der Waals surface area contributed by atoms with Gasteiger partial charge in [0.05, 0.1) is 20.2 Å². The average Bonchev–Trinajstić information content (AvgIpc) is 3.56. The molecule has 3 heterocycles. The monoisotopic (exact) mass is 548 g/mol. The fourth-order valence-electron chi connectivity index (χ4n) is 6.18. The SMILES string of the molecule is COc1cc(C(=O)N2Cc3ccc(C(=O)N(C)C4CCN(C)C4)n3Cc3ccccc32)ccc1-c1ccccc1C. The van der Waals surface area contributed by atoms with Crippen LogP contribution in [0.5, 0.6) is 5.75 Å². The summed E-state index contributed by atoms with van der Waals surface area (Å²) in [5.74, 6) is 0.566. The fraction of sp³-hybridized carbons (Fsp3) is 0.294. The summed E-state index contributed by atoms with van der Waals surface area (Å²) in [5.41, 5.74) is 7.16. The highest BCUT2D eigenvalue weighted by molar-refractivity contribution is 6.07. The van der Waals surface area contributed by atoms with Crippen LogP contribution in [0.3, 0.4) is 0 Å². The lowest BCUT2D eigenvalue weighted by Gasteiger charge is -2.25. The highest BCUT2D eigenvalue weighted by Crippen LogP contribution is 2.35. The Hall–Kier alpha value is -4.36. The van der Waals surface area contributed by atoms with E-state index in [1.54, 1.807) is 7.11 Å². The molecule has 0 N–H and O–H groups in total. The smallest absolute Gasteiger partial charge is 0.270 e. The first kappa shape index (κ1) is 26.8. The number of carbonyl (C=O) groups excluding carboxylic acids is 2. The molecular weight excluding hydrogens is 512 g/mol. The Morgan fingerprint density at radius 1 is 0.927 bits per heavy atom. The van der Waals surface area contributed by atoms with Crippen LogP contribution in [0.25, 0.3) is 11.1 Å². The van der Waals surface area contributed by atoms with E-state index in [1.165, 1.54) is 0 Å². The molecule has 210 valence electrons. The van der Waals surface area contributed by atoms with Crippen molar-refractivity contribution >= 4 is 17.5 Å². The van der Waals surface area contributed by atoms with Crippen LogP contribution in [-0.2, 0) is 13.1 Å². The summed E-state index contributed by atoms with van der Waals surface area (Å²) in [7, 11) is 5.63. The number of aryl methyl sites for hydroxylation is 1. The van der Waals surface area contributed by atoms with Crippen molar-refractivity contribution in [1.29, 1.82) is 0 Å². The second kappa shape index (κ2) is 10.9. The first-order valence-corrected chi connectivity index (χ1v) is 14.1. The number of carbonyl (C=O) groups is 2. The molecule has 7 nitrogen and oxygen atoms in total. The zero-order chi connectivity index (χ0) is 28.7. The van der Waals surface area contributed by atoms with Gasteiger partial charge in [-0.2, -0.15) is 0 Å². The summed E-state index contributed by atoms with van der Waals surface area (Å²) in [6.45, 7) is 4.83. The minimum Gasteiger partial charge on any atom is -0.496 e. The molecule has 0 aliphatic carbocycles. The Morgan fingerprint density at radius 3 is 2.46 bits per heavy atom. The molecule has 3 aromatic carbocycles. The maximum absolute atomic E-state index is 14.1. The number of methoxy groups -OCH3 is 1. The second-order valence-electron chi connectivity index (χ2n) is 11.2. The van der Waals surface area contributed by atoms with E-state index in [1.807, 2.05) is 83.6 Å². The predicted molar refractivity (Wildman–Crippen MR) is 162 cm³/mol. The standard InChI is InChI=1S/C34H36N4O3/c1-23-9-5-7-11-28(23)29-15-13-24(19-32(29)41-4)33(39)38-22-27-14-16-31(34(40)36(3)26-17-18-35(2)21-26)37(27)20-25-10-6-8-12-30(25)38/h5-16,19,26H,17-18,20-22H2,1-4H3. The number of rotatable bonds is 5. The van der Waals surface area contributed by atoms with Gasteiger partial charge in [-0.15, -0.1) is 0 Å². The number of benzene rings is 3. The van der Waals surface area contributed by atoms with Crippen molar-refractivity contribution < 1.29 is 14.3 Å². The Morgan fingerprint density at radius 2 is 1.71 bits per heavy atom.